The average Bonchev–Trinajstić information content (AvgIpc) is 2.55. The van der Waals surface area contributed by atoms with Gasteiger partial charge in [0.25, 0.3) is 0 Å². The van der Waals surface area contributed by atoms with E-state index in [0.29, 0.717) is 0 Å². The molecule has 1 aliphatic heterocycles. The zero-order valence-electron chi connectivity index (χ0n) is 9.08. The second-order valence-corrected chi connectivity index (χ2v) is 3.50. The molecule has 0 amide bonds. The molecule has 0 aliphatic carbocycles. The largest absolute Gasteiger partial charge is 0.350 e. The monoisotopic (exact) mass is 198 g/mol. The van der Waals surface area contributed by atoms with Crippen molar-refractivity contribution in [3.8, 4) is 0 Å². The molecule has 2 atom stereocenters. The van der Waals surface area contributed by atoms with Gasteiger partial charge >= 0.3 is 0 Å². The Bertz CT molecular complexity index is 237. The molecule has 0 bridgehead atoms. The fourth-order valence-corrected chi connectivity index (χ4v) is 1.45. The molecule has 2 unspecified atom stereocenters. The highest BCUT2D eigenvalue weighted by Gasteiger charge is 2.41. The van der Waals surface area contributed by atoms with E-state index in [-0.39, 0.29) is 0 Å². The van der Waals surface area contributed by atoms with Gasteiger partial charge < -0.3 is 14.2 Å². The van der Waals surface area contributed by atoms with E-state index in [1.54, 1.807) is 14.2 Å². The molecule has 0 spiro atoms. The van der Waals surface area contributed by atoms with Crippen LogP contribution in [0.3, 0.4) is 0 Å². The van der Waals surface area contributed by atoms with Crippen molar-refractivity contribution >= 4 is 0 Å². The molecule has 1 rings (SSSR count). The highest BCUT2D eigenvalue weighted by molar-refractivity contribution is 5.10. The number of hydrogen-bond acceptors (Lipinski definition) is 3. The van der Waals surface area contributed by atoms with Crippen molar-refractivity contribution in [1.29, 1.82) is 0 Å². The van der Waals surface area contributed by atoms with Gasteiger partial charge in [0.2, 0.25) is 0 Å². The summed E-state index contributed by atoms with van der Waals surface area (Å²) in [5.74, 6) is -1.32. The van der Waals surface area contributed by atoms with Gasteiger partial charge in [-0.05, 0) is 25.5 Å². The molecule has 0 N–H and O–H groups in total. The van der Waals surface area contributed by atoms with Gasteiger partial charge in [0.15, 0.2) is 11.6 Å². The molecule has 3 nitrogen and oxygen atoms in total. The lowest BCUT2D eigenvalue weighted by Gasteiger charge is -2.31. The molecule has 1 aliphatic rings. The predicted octanol–water partition coefficient (Wildman–Crippen LogP) is 2.24. The molecule has 14 heavy (non-hydrogen) atoms. The van der Waals surface area contributed by atoms with Crippen molar-refractivity contribution in [1.82, 2.24) is 0 Å². The third-order valence-electron chi connectivity index (χ3n) is 2.46. The van der Waals surface area contributed by atoms with Crippen LogP contribution in [0.15, 0.2) is 24.8 Å². The van der Waals surface area contributed by atoms with Crippen LogP contribution in [0.25, 0.3) is 0 Å². The highest BCUT2D eigenvalue weighted by Crippen LogP contribution is 2.35. The Labute approximate surface area is 85.3 Å². The molecule has 0 aromatic rings. The van der Waals surface area contributed by atoms with Crippen molar-refractivity contribution in [2.45, 2.75) is 31.3 Å². The molecule has 0 fully saturated rings. The Kier molecular flexibility index (Phi) is 3.48. The maximum absolute atomic E-state index is 5.73. The smallest absolute Gasteiger partial charge is 0.191 e. The van der Waals surface area contributed by atoms with Crippen LogP contribution in [0.2, 0.25) is 0 Å². The quantitative estimate of drug-likeness (QED) is 0.634. The zero-order valence-corrected chi connectivity index (χ0v) is 9.08. The van der Waals surface area contributed by atoms with Crippen molar-refractivity contribution in [3.63, 3.8) is 0 Å². The summed E-state index contributed by atoms with van der Waals surface area (Å²) in [7, 11) is 3.25. The van der Waals surface area contributed by atoms with E-state index in [1.807, 2.05) is 25.2 Å². The summed E-state index contributed by atoms with van der Waals surface area (Å²) >= 11 is 0. The van der Waals surface area contributed by atoms with Gasteiger partial charge in [-0.25, -0.2) is 0 Å². The Morgan fingerprint density at radius 1 is 1.36 bits per heavy atom. The second kappa shape index (κ2) is 4.26. The van der Waals surface area contributed by atoms with Crippen LogP contribution in [0.4, 0.5) is 0 Å². The van der Waals surface area contributed by atoms with Crippen LogP contribution in [0, 0.1) is 0 Å². The molecular formula is C11H18O3. The van der Waals surface area contributed by atoms with Crippen LogP contribution >= 0.6 is 0 Å². The highest BCUT2D eigenvalue weighted by atomic mass is 16.8. The SMILES string of the molecule is C=CCCC1(OC)C=CC(C)(OC)O1. The summed E-state index contributed by atoms with van der Waals surface area (Å²) in [5.41, 5.74) is 0. The molecule has 0 radical (unpaired) electrons. The fourth-order valence-electron chi connectivity index (χ4n) is 1.45. The van der Waals surface area contributed by atoms with Crippen molar-refractivity contribution in [3.05, 3.63) is 24.8 Å². The summed E-state index contributed by atoms with van der Waals surface area (Å²) in [6.07, 6.45) is 7.22. The molecule has 80 valence electrons. The third kappa shape index (κ3) is 2.23. The van der Waals surface area contributed by atoms with Gasteiger partial charge in [-0.1, -0.05) is 6.08 Å². The first-order valence-corrected chi connectivity index (χ1v) is 4.71. The van der Waals surface area contributed by atoms with E-state index >= 15 is 0 Å². The fraction of sp³-hybridized carbons (Fsp3) is 0.636. The first kappa shape index (κ1) is 11.4. The Morgan fingerprint density at radius 3 is 2.50 bits per heavy atom. The standard InChI is InChI=1S/C11H18O3/c1-5-6-7-11(13-4)9-8-10(2,12-3)14-11/h5,8-9H,1,6-7H2,2-4H3. The Morgan fingerprint density at radius 2 is 2.07 bits per heavy atom. The summed E-state index contributed by atoms with van der Waals surface area (Å²) in [6.45, 7) is 5.54. The number of rotatable bonds is 5. The molecule has 1 heterocycles. The topological polar surface area (TPSA) is 27.7 Å². The molecule has 0 aromatic heterocycles. The Hall–Kier alpha value is -0.640. The lowest BCUT2D eigenvalue weighted by molar-refractivity contribution is -0.288. The van der Waals surface area contributed by atoms with E-state index in [1.165, 1.54) is 0 Å². The normalized spacial score (nSPS) is 36.2. The zero-order chi connectivity index (χ0) is 10.7. The van der Waals surface area contributed by atoms with Crippen LogP contribution in [-0.4, -0.2) is 25.8 Å². The van der Waals surface area contributed by atoms with Gasteiger partial charge in [0.05, 0.1) is 0 Å². The third-order valence-corrected chi connectivity index (χ3v) is 2.46. The predicted molar refractivity (Wildman–Crippen MR) is 54.8 cm³/mol. The average molecular weight is 198 g/mol. The van der Waals surface area contributed by atoms with E-state index < -0.39 is 11.6 Å². The minimum Gasteiger partial charge on any atom is -0.350 e. The summed E-state index contributed by atoms with van der Waals surface area (Å²) in [5, 5.41) is 0. The molecular weight excluding hydrogens is 180 g/mol. The van der Waals surface area contributed by atoms with Gasteiger partial charge in [-0.15, -0.1) is 6.58 Å². The lowest BCUT2D eigenvalue weighted by Crippen LogP contribution is -2.37. The van der Waals surface area contributed by atoms with Crippen LogP contribution in [0.5, 0.6) is 0 Å². The second-order valence-electron chi connectivity index (χ2n) is 3.50. The number of methoxy groups -OCH3 is 2. The first-order chi connectivity index (χ1) is 6.60. The Balaban J connectivity index is 2.67. The number of ether oxygens (including phenoxy) is 3. The van der Waals surface area contributed by atoms with Gasteiger partial charge in [0, 0.05) is 20.6 Å². The molecule has 0 saturated carbocycles. The van der Waals surface area contributed by atoms with Crippen LogP contribution in [0.1, 0.15) is 19.8 Å². The summed E-state index contributed by atoms with van der Waals surface area (Å²) in [6, 6.07) is 0. The molecule has 0 saturated heterocycles. The minimum absolute atomic E-state index is 0.654. The van der Waals surface area contributed by atoms with E-state index in [9.17, 15) is 0 Å². The van der Waals surface area contributed by atoms with Crippen LogP contribution in [-0.2, 0) is 14.2 Å². The van der Waals surface area contributed by atoms with Gasteiger partial charge in [-0.2, -0.15) is 0 Å². The van der Waals surface area contributed by atoms with Crippen molar-refractivity contribution in [2.24, 2.45) is 0 Å². The molecule has 0 aromatic carbocycles. The summed E-state index contributed by atoms with van der Waals surface area (Å²) in [4.78, 5) is 0. The lowest BCUT2D eigenvalue weighted by atomic mass is 10.1. The number of hydrogen-bond donors (Lipinski definition) is 0. The summed E-state index contributed by atoms with van der Waals surface area (Å²) < 4.78 is 16.3. The van der Waals surface area contributed by atoms with E-state index in [4.69, 9.17) is 14.2 Å². The van der Waals surface area contributed by atoms with Crippen LogP contribution < -0.4 is 0 Å². The molecule has 3 heteroatoms. The van der Waals surface area contributed by atoms with E-state index in [0.717, 1.165) is 12.8 Å². The maximum Gasteiger partial charge on any atom is 0.191 e. The number of allylic oxidation sites excluding steroid dienone is 1. The van der Waals surface area contributed by atoms with Crippen molar-refractivity contribution in [2.75, 3.05) is 14.2 Å². The minimum atomic E-state index is -0.669. The van der Waals surface area contributed by atoms with E-state index in [2.05, 4.69) is 6.58 Å². The first-order valence-electron chi connectivity index (χ1n) is 4.71. The maximum atomic E-state index is 5.73. The van der Waals surface area contributed by atoms with Crippen molar-refractivity contribution < 1.29 is 14.2 Å². The van der Waals surface area contributed by atoms with Gasteiger partial charge in [-0.3, -0.25) is 0 Å². The van der Waals surface area contributed by atoms with Gasteiger partial charge in [0.1, 0.15) is 0 Å².